The third-order valence-electron chi connectivity index (χ3n) is 3.29. The summed E-state index contributed by atoms with van der Waals surface area (Å²) >= 11 is 0. The van der Waals surface area contributed by atoms with Gasteiger partial charge in [0.25, 0.3) is 0 Å². The Morgan fingerprint density at radius 1 is 1.47 bits per heavy atom. The van der Waals surface area contributed by atoms with Crippen LogP contribution >= 0.6 is 0 Å². The van der Waals surface area contributed by atoms with Crippen molar-refractivity contribution < 1.29 is 8.81 Å². The van der Waals surface area contributed by atoms with Crippen LogP contribution in [-0.2, 0) is 0 Å². The predicted octanol–water partition coefficient (Wildman–Crippen LogP) is 4.50. The molecule has 19 heavy (non-hydrogen) atoms. The molecule has 0 aliphatic carbocycles. The lowest BCUT2D eigenvalue weighted by atomic mass is 10.0. The topological polar surface area (TPSA) is 25.2 Å². The average Bonchev–Trinajstić information content (AvgIpc) is 2.67. The molecule has 1 aromatic carbocycles. The molecule has 1 N–H and O–H groups in total. The maximum atomic E-state index is 13.3. The second-order valence-corrected chi connectivity index (χ2v) is 4.97. The first-order valence-electron chi connectivity index (χ1n) is 6.62. The van der Waals surface area contributed by atoms with Crippen LogP contribution in [0.2, 0.25) is 0 Å². The first-order chi connectivity index (χ1) is 9.04. The maximum Gasteiger partial charge on any atom is 0.134 e. The van der Waals surface area contributed by atoms with Gasteiger partial charge < -0.3 is 9.73 Å². The van der Waals surface area contributed by atoms with Crippen molar-refractivity contribution in [1.29, 1.82) is 0 Å². The molecule has 102 valence electrons. The molecular formula is C16H20FNO. The summed E-state index contributed by atoms with van der Waals surface area (Å²) in [6, 6.07) is 4.60. The van der Waals surface area contributed by atoms with Crippen molar-refractivity contribution in [2.45, 2.75) is 33.2 Å². The summed E-state index contributed by atoms with van der Waals surface area (Å²) in [6.07, 6.45) is 1.04. The van der Waals surface area contributed by atoms with Crippen LogP contribution in [0, 0.1) is 12.7 Å². The lowest BCUT2D eigenvalue weighted by molar-refractivity contribution is 0.462. The van der Waals surface area contributed by atoms with E-state index in [1.165, 1.54) is 12.1 Å². The zero-order chi connectivity index (χ0) is 14.0. The van der Waals surface area contributed by atoms with Gasteiger partial charge in [0.1, 0.15) is 17.2 Å². The molecule has 1 heterocycles. The Bertz CT molecular complexity index is 600. The number of aryl methyl sites for hydroxylation is 1. The monoisotopic (exact) mass is 261 g/mol. The van der Waals surface area contributed by atoms with Crippen molar-refractivity contribution in [3.8, 4) is 0 Å². The van der Waals surface area contributed by atoms with Gasteiger partial charge in [-0.25, -0.2) is 4.39 Å². The predicted molar refractivity (Wildman–Crippen MR) is 76.8 cm³/mol. The minimum atomic E-state index is -0.239. The van der Waals surface area contributed by atoms with Crippen molar-refractivity contribution in [3.05, 3.63) is 47.5 Å². The minimum Gasteiger partial charge on any atom is -0.459 e. The van der Waals surface area contributed by atoms with Crippen molar-refractivity contribution in [1.82, 2.24) is 5.32 Å². The van der Waals surface area contributed by atoms with E-state index in [4.69, 9.17) is 4.42 Å². The van der Waals surface area contributed by atoms with Crippen LogP contribution in [0.4, 0.5) is 4.39 Å². The van der Waals surface area contributed by atoms with Gasteiger partial charge in [-0.15, -0.1) is 0 Å². The molecule has 1 aromatic heterocycles. The number of hydrogen-bond acceptors (Lipinski definition) is 2. The van der Waals surface area contributed by atoms with Crippen molar-refractivity contribution in [2.75, 3.05) is 6.54 Å². The molecule has 0 saturated carbocycles. The van der Waals surface area contributed by atoms with Crippen LogP contribution in [-0.4, -0.2) is 6.54 Å². The Hall–Kier alpha value is -1.61. The van der Waals surface area contributed by atoms with Gasteiger partial charge in [-0.3, -0.25) is 0 Å². The second kappa shape index (κ2) is 5.57. The molecule has 0 aliphatic heterocycles. The fourth-order valence-electron chi connectivity index (χ4n) is 2.27. The molecule has 1 unspecified atom stereocenters. The average molecular weight is 261 g/mol. The lowest BCUT2D eigenvalue weighted by Crippen LogP contribution is -2.22. The van der Waals surface area contributed by atoms with Gasteiger partial charge in [-0.05, 0) is 45.0 Å². The number of halogens is 1. The Morgan fingerprint density at radius 2 is 2.21 bits per heavy atom. The summed E-state index contributed by atoms with van der Waals surface area (Å²) in [6.45, 7) is 11.0. The largest absolute Gasteiger partial charge is 0.459 e. The van der Waals surface area contributed by atoms with E-state index in [1.807, 2.05) is 13.8 Å². The molecule has 2 nitrogen and oxygen atoms in total. The standard InChI is InChI=1S/C16H20FNO/c1-5-8-18-15(10(2)3)16-11(4)13-9-12(17)6-7-14(13)19-16/h6-7,9,15,18H,2,5,8H2,1,3-4H3. The first kappa shape index (κ1) is 13.8. The molecule has 0 fully saturated rings. The maximum absolute atomic E-state index is 13.3. The Kier molecular flexibility index (Phi) is 4.05. The van der Waals surface area contributed by atoms with Gasteiger partial charge in [0.05, 0.1) is 6.04 Å². The summed E-state index contributed by atoms with van der Waals surface area (Å²) in [5.41, 5.74) is 2.70. The van der Waals surface area contributed by atoms with E-state index in [9.17, 15) is 4.39 Å². The van der Waals surface area contributed by atoms with E-state index in [0.29, 0.717) is 0 Å². The quantitative estimate of drug-likeness (QED) is 0.802. The molecule has 0 saturated heterocycles. The fraction of sp³-hybridized carbons (Fsp3) is 0.375. The zero-order valence-corrected chi connectivity index (χ0v) is 11.7. The number of nitrogens with one attached hydrogen (secondary N) is 1. The number of furan rings is 1. The molecule has 0 aliphatic rings. The van der Waals surface area contributed by atoms with E-state index in [0.717, 1.165) is 40.8 Å². The van der Waals surface area contributed by atoms with Crippen LogP contribution in [0.25, 0.3) is 11.0 Å². The highest BCUT2D eigenvalue weighted by atomic mass is 19.1. The van der Waals surface area contributed by atoms with E-state index in [1.54, 1.807) is 6.07 Å². The highest BCUT2D eigenvalue weighted by Crippen LogP contribution is 2.32. The van der Waals surface area contributed by atoms with Gasteiger partial charge in [-0.2, -0.15) is 0 Å². The van der Waals surface area contributed by atoms with Crippen LogP contribution in [0.1, 0.15) is 37.6 Å². The molecule has 1 atom stereocenters. The summed E-state index contributed by atoms with van der Waals surface area (Å²) in [7, 11) is 0. The van der Waals surface area contributed by atoms with Gasteiger partial charge >= 0.3 is 0 Å². The second-order valence-electron chi connectivity index (χ2n) is 4.97. The van der Waals surface area contributed by atoms with E-state index in [-0.39, 0.29) is 11.9 Å². The smallest absolute Gasteiger partial charge is 0.134 e. The van der Waals surface area contributed by atoms with Crippen LogP contribution < -0.4 is 5.32 Å². The summed E-state index contributed by atoms with van der Waals surface area (Å²) in [5, 5.41) is 4.25. The Labute approximate surface area is 113 Å². The number of benzene rings is 1. The fourth-order valence-corrected chi connectivity index (χ4v) is 2.27. The summed E-state index contributed by atoms with van der Waals surface area (Å²) in [4.78, 5) is 0. The molecule has 0 amide bonds. The number of rotatable bonds is 5. The van der Waals surface area contributed by atoms with Gasteiger partial charge in [0, 0.05) is 10.9 Å². The van der Waals surface area contributed by atoms with E-state index in [2.05, 4.69) is 18.8 Å². The third kappa shape index (κ3) is 2.71. The van der Waals surface area contributed by atoms with Crippen LogP contribution in [0.3, 0.4) is 0 Å². The SMILES string of the molecule is C=C(C)C(NCCC)c1oc2ccc(F)cc2c1C. The van der Waals surface area contributed by atoms with E-state index < -0.39 is 0 Å². The first-order valence-corrected chi connectivity index (χ1v) is 6.62. The molecule has 2 rings (SSSR count). The van der Waals surface area contributed by atoms with Crippen molar-refractivity contribution in [3.63, 3.8) is 0 Å². The van der Waals surface area contributed by atoms with E-state index >= 15 is 0 Å². The highest BCUT2D eigenvalue weighted by Gasteiger charge is 2.20. The lowest BCUT2D eigenvalue weighted by Gasteiger charge is -2.17. The molecule has 0 bridgehead atoms. The Morgan fingerprint density at radius 3 is 2.84 bits per heavy atom. The van der Waals surface area contributed by atoms with Gasteiger partial charge in [0.15, 0.2) is 0 Å². The Balaban J connectivity index is 2.47. The van der Waals surface area contributed by atoms with Crippen LogP contribution in [0.15, 0.2) is 34.8 Å². The van der Waals surface area contributed by atoms with Gasteiger partial charge in [0.2, 0.25) is 0 Å². The molecule has 0 radical (unpaired) electrons. The van der Waals surface area contributed by atoms with Crippen molar-refractivity contribution >= 4 is 11.0 Å². The summed E-state index contributed by atoms with van der Waals surface area (Å²) in [5.74, 6) is 0.595. The normalized spacial score (nSPS) is 12.8. The molecule has 2 aromatic rings. The number of hydrogen-bond donors (Lipinski definition) is 1. The molecular weight excluding hydrogens is 241 g/mol. The summed E-state index contributed by atoms with van der Waals surface area (Å²) < 4.78 is 19.2. The third-order valence-corrected chi connectivity index (χ3v) is 3.29. The van der Waals surface area contributed by atoms with Crippen LogP contribution in [0.5, 0.6) is 0 Å². The van der Waals surface area contributed by atoms with Crippen molar-refractivity contribution in [2.24, 2.45) is 0 Å². The highest BCUT2D eigenvalue weighted by molar-refractivity contribution is 5.82. The zero-order valence-electron chi connectivity index (χ0n) is 11.7. The molecule has 3 heteroatoms. The molecule has 0 spiro atoms. The number of fused-ring (bicyclic) bond motifs is 1. The van der Waals surface area contributed by atoms with Gasteiger partial charge in [-0.1, -0.05) is 19.1 Å². The minimum absolute atomic E-state index is 0.0181.